The van der Waals surface area contributed by atoms with Crippen LogP contribution in [-0.2, 0) is 6.54 Å². The van der Waals surface area contributed by atoms with Gasteiger partial charge >= 0.3 is 0 Å². The van der Waals surface area contributed by atoms with E-state index >= 15 is 0 Å². The molecule has 90 valence electrons. The number of benzene rings is 2. The molecule has 2 rings (SSSR count). The molecular formula is C14H10F2N2. The lowest BCUT2D eigenvalue weighted by molar-refractivity contribution is 0.624. The van der Waals surface area contributed by atoms with Gasteiger partial charge in [-0.1, -0.05) is 6.07 Å². The molecule has 2 aromatic carbocycles. The molecule has 0 aliphatic carbocycles. The van der Waals surface area contributed by atoms with E-state index in [1.165, 1.54) is 18.2 Å². The molecule has 0 spiro atoms. The molecule has 0 aliphatic heterocycles. The summed E-state index contributed by atoms with van der Waals surface area (Å²) in [5.74, 6) is -1.04. The largest absolute Gasteiger partial charge is 0.326 e. The van der Waals surface area contributed by atoms with Crippen molar-refractivity contribution in [2.24, 2.45) is 5.73 Å². The molecule has 0 aliphatic rings. The van der Waals surface area contributed by atoms with Crippen LogP contribution < -0.4 is 5.73 Å². The summed E-state index contributed by atoms with van der Waals surface area (Å²) in [4.78, 5) is 0. The SMILES string of the molecule is N#Cc1cc(F)cc(-c2cc(CN)ccc2F)c1. The fourth-order valence-corrected chi connectivity index (χ4v) is 1.73. The van der Waals surface area contributed by atoms with Gasteiger partial charge in [-0.3, -0.25) is 0 Å². The number of nitrogens with two attached hydrogens (primary N) is 1. The maximum absolute atomic E-state index is 13.7. The first-order valence-corrected chi connectivity index (χ1v) is 5.33. The van der Waals surface area contributed by atoms with E-state index in [4.69, 9.17) is 11.0 Å². The van der Waals surface area contributed by atoms with Gasteiger partial charge in [0.2, 0.25) is 0 Å². The standard InChI is InChI=1S/C14H10F2N2/c15-12-4-10(8-18)3-11(6-12)13-5-9(7-17)1-2-14(13)16/h1-6H,7,17H2. The lowest BCUT2D eigenvalue weighted by Crippen LogP contribution is -1.97. The summed E-state index contributed by atoms with van der Waals surface area (Å²) in [7, 11) is 0. The quantitative estimate of drug-likeness (QED) is 0.882. The van der Waals surface area contributed by atoms with Gasteiger partial charge in [0, 0.05) is 12.1 Å². The molecule has 0 fully saturated rings. The Hall–Kier alpha value is -2.25. The van der Waals surface area contributed by atoms with E-state index in [-0.39, 0.29) is 17.7 Å². The minimum Gasteiger partial charge on any atom is -0.326 e. The molecule has 0 amide bonds. The zero-order valence-electron chi connectivity index (χ0n) is 9.45. The first-order valence-electron chi connectivity index (χ1n) is 5.33. The highest BCUT2D eigenvalue weighted by atomic mass is 19.1. The van der Waals surface area contributed by atoms with Crippen molar-refractivity contribution in [3.05, 3.63) is 59.2 Å². The smallest absolute Gasteiger partial charge is 0.131 e. The molecule has 4 heteroatoms. The summed E-state index contributed by atoms with van der Waals surface area (Å²) in [6.07, 6.45) is 0. The van der Waals surface area contributed by atoms with Crippen molar-refractivity contribution in [1.29, 1.82) is 5.26 Å². The Balaban J connectivity index is 2.61. The van der Waals surface area contributed by atoms with Gasteiger partial charge in [0.1, 0.15) is 11.6 Å². The van der Waals surface area contributed by atoms with Gasteiger partial charge < -0.3 is 5.73 Å². The van der Waals surface area contributed by atoms with Gasteiger partial charge in [-0.15, -0.1) is 0 Å². The topological polar surface area (TPSA) is 49.8 Å². The number of hydrogen-bond donors (Lipinski definition) is 1. The zero-order chi connectivity index (χ0) is 13.1. The average molecular weight is 244 g/mol. The van der Waals surface area contributed by atoms with E-state index in [0.29, 0.717) is 5.56 Å². The minimum atomic E-state index is -0.568. The first kappa shape index (κ1) is 12.2. The number of halogens is 2. The Kier molecular flexibility index (Phi) is 3.35. The summed E-state index contributed by atoms with van der Waals surface area (Å²) >= 11 is 0. The Labute approximate surface area is 103 Å². The molecule has 0 saturated carbocycles. The maximum atomic E-state index is 13.7. The molecule has 0 aromatic heterocycles. The highest BCUT2D eigenvalue weighted by molar-refractivity contribution is 5.66. The molecule has 0 unspecified atom stereocenters. The van der Waals surface area contributed by atoms with Crippen LogP contribution >= 0.6 is 0 Å². The van der Waals surface area contributed by atoms with Crippen LogP contribution in [0.1, 0.15) is 11.1 Å². The van der Waals surface area contributed by atoms with Crippen molar-refractivity contribution in [2.75, 3.05) is 0 Å². The third kappa shape index (κ3) is 2.36. The highest BCUT2D eigenvalue weighted by Gasteiger charge is 2.08. The van der Waals surface area contributed by atoms with Crippen molar-refractivity contribution in [1.82, 2.24) is 0 Å². The van der Waals surface area contributed by atoms with Crippen LogP contribution in [0.5, 0.6) is 0 Å². The van der Waals surface area contributed by atoms with Gasteiger partial charge in [0.25, 0.3) is 0 Å². The second-order valence-corrected chi connectivity index (χ2v) is 3.86. The third-order valence-electron chi connectivity index (χ3n) is 2.60. The van der Waals surface area contributed by atoms with E-state index in [1.54, 1.807) is 12.1 Å². The van der Waals surface area contributed by atoms with Gasteiger partial charge in [0.05, 0.1) is 11.6 Å². The summed E-state index contributed by atoms with van der Waals surface area (Å²) in [5.41, 5.74) is 6.96. The number of nitriles is 1. The molecule has 0 radical (unpaired) electrons. The highest BCUT2D eigenvalue weighted by Crippen LogP contribution is 2.25. The predicted octanol–water partition coefficient (Wildman–Crippen LogP) is 2.96. The maximum Gasteiger partial charge on any atom is 0.131 e. The Morgan fingerprint density at radius 3 is 2.56 bits per heavy atom. The number of hydrogen-bond acceptors (Lipinski definition) is 2. The number of nitrogens with zero attached hydrogens (tertiary/aromatic N) is 1. The third-order valence-corrected chi connectivity index (χ3v) is 2.60. The molecule has 0 bridgehead atoms. The van der Waals surface area contributed by atoms with E-state index < -0.39 is 11.6 Å². The van der Waals surface area contributed by atoms with Crippen molar-refractivity contribution in [2.45, 2.75) is 6.54 Å². The van der Waals surface area contributed by atoms with E-state index in [2.05, 4.69) is 0 Å². The van der Waals surface area contributed by atoms with Crippen molar-refractivity contribution in [3.63, 3.8) is 0 Å². The summed E-state index contributed by atoms with van der Waals surface area (Å²) in [6, 6.07) is 10.0. The fraction of sp³-hybridized carbons (Fsp3) is 0.0714. The molecule has 2 nitrogen and oxygen atoms in total. The van der Waals surface area contributed by atoms with Gasteiger partial charge in [-0.25, -0.2) is 8.78 Å². The molecular weight excluding hydrogens is 234 g/mol. The van der Waals surface area contributed by atoms with Crippen LogP contribution in [0, 0.1) is 23.0 Å². The molecule has 2 N–H and O–H groups in total. The normalized spacial score (nSPS) is 10.1. The second-order valence-electron chi connectivity index (χ2n) is 3.86. The number of rotatable bonds is 2. The minimum absolute atomic E-state index is 0.155. The second kappa shape index (κ2) is 4.94. The fourth-order valence-electron chi connectivity index (χ4n) is 1.73. The van der Waals surface area contributed by atoms with Crippen molar-refractivity contribution >= 4 is 0 Å². The molecule has 2 aromatic rings. The van der Waals surface area contributed by atoms with Crippen LogP contribution in [0.3, 0.4) is 0 Å². The molecule has 0 saturated heterocycles. The van der Waals surface area contributed by atoms with Crippen LogP contribution in [0.25, 0.3) is 11.1 Å². The Morgan fingerprint density at radius 2 is 1.89 bits per heavy atom. The van der Waals surface area contributed by atoms with Gasteiger partial charge in [0.15, 0.2) is 0 Å². The first-order chi connectivity index (χ1) is 8.63. The molecule has 0 atom stereocenters. The zero-order valence-corrected chi connectivity index (χ0v) is 9.45. The van der Waals surface area contributed by atoms with E-state index in [0.717, 1.165) is 11.6 Å². The van der Waals surface area contributed by atoms with Crippen LogP contribution in [0.4, 0.5) is 8.78 Å². The summed E-state index contributed by atoms with van der Waals surface area (Å²) in [6.45, 7) is 0.272. The average Bonchev–Trinajstić information content (AvgIpc) is 2.38. The molecule has 18 heavy (non-hydrogen) atoms. The van der Waals surface area contributed by atoms with Crippen LogP contribution in [0.15, 0.2) is 36.4 Å². The Morgan fingerprint density at radius 1 is 1.11 bits per heavy atom. The Bertz CT molecular complexity index is 630. The van der Waals surface area contributed by atoms with Crippen LogP contribution in [0.2, 0.25) is 0 Å². The van der Waals surface area contributed by atoms with Gasteiger partial charge in [-0.2, -0.15) is 5.26 Å². The van der Waals surface area contributed by atoms with Crippen molar-refractivity contribution < 1.29 is 8.78 Å². The van der Waals surface area contributed by atoms with Crippen molar-refractivity contribution in [3.8, 4) is 17.2 Å². The van der Waals surface area contributed by atoms with E-state index in [1.807, 2.05) is 6.07 Å². The lowest BCUT2D eigenvalue weighted by atomic mass is 10.0. The summed E-state index contributed by atoms with van der Waals surface area (Å²) in [5, 5.41) is 8.77. The van der Waals surface area contributed by atoms with E-state index in [9.17, 15) is 8.78 Å². The lowest BCUT2D eigenvalue weighted by Gasteiger charge is -2.06. The van der Waals surface area contributed by atoms with Crippen LogP contribution in [-0.4, -0.2) is 0 Å². The van der Waals surface area contributed by atoms with Gasteiger partial charge in [-0.05, 0) is 41.5 Å². The summed E-state index contributed by atoms with van der Waals surface area (Å²) < 4.78 is 27.0. The molecule has 0 heterocycles. The monoisotopic (exact) mass is 244 g/mol. The predicted molar refractivity (Wildman–Crippen MR) is 64.4 cm³/mol.